The Hall–Kier alpha value is -1.76. The lowest BCUT2D eigenvalue weighted by Crippen LogP contribution is -2.46. The Morgan fingerprint density at radius 1 is 1.24 bits per heavy atom. The highest BCUT2D eigenvalue weighted by molar-refractivity contribution is 6.02. The SMILES string of the molecule is COc1ccc(C(=O)C2(C(F)(F)F)CCNC2)cc1OC. The molecule has 1 aliphatic heterocycles. The van der Waals surface area contributed by atoms with E-state index in [1.165, 1.54) is 32.4 Å². The van der Waals surface area contributed by atoms with Crippen molar-refractivity contribution in [2.45, 2.75) is 12.6 Å². The molecule has 21 heavy (non-hydrogen) atoms. The monoisotopic (exact) mass is 303 g/mol. The van der Waals surface area contributed by atoms with Crippen LogP contribution in [0.3, 0.4) is 0 Å². The number of benzene rings is 1. The van der Waals surface area contributed by atoms with Gasteiger partial charge in [-0.3, -0.25) is 4.79 Å². The summed E-state index contributed by atoms with van der Waals surface area (Å²) in [7, 11) is 2.78. The van der Waals surface area contributed by atoms with Crippen molar-refractivity contribution in [3.05, 3.63) is 23.8 Å². The molecule has 0 bridgehead atoms. The van der Waals surface area contributed by atoms with Crippen LogP contribution in [-0.4, -0.2) is 39.3 Å². The van der Waals surface area contributed by atoms with Crippen LogP contribution in [0, 0.1) is 5.41 Å². The fourth-order valence-corrected chi connectivity index (χ4v) is 2.51. The molecule has 0 amide bonds. The van der Waals surface area contributed by atoms with Crippen molar-refractivity contribution in [2.75, 3.05) is 27.3 Å². The van der Waals surface area contributed by atoms with Gasteiger partial charge in [0.1, 0.15) is 5.41 Å². The van der Waals surface area contributed by atoms with E-state index in [1.54, 1.807) is 0 Å². The minimum atomic E-state index is -4.60. The van der Waals surface area contributed by atoms with Crippen molar-refractivity contribution in [3.8, 4) is 11.5 Å². The second-order valence-corrected chi connectivity index (χ2v) is 4.91. The molecule has 116 valence electrons. The average Bonchev–Trinajstić information content (AvgIpc) is 2.96. The molecule has 0 saturated carbocycles. The van der Waals surface area contributed by atoms with E-state index < -0.39 is 23.9 Å². The van der Waals surface area contributed by atoms with Gasteiger partial charge in [0.25, 0.3) is 0 Å². The Balaban J connectivity index is 2.43. The predicted molar refractivity (Wildman–Crippen MR) is 69.9 cm³/mol. The van der Waals surface area contributed by atoms with E-state index in [0.717, 1.165) is 0 Å². The predicted octanol–water partition coefficient (Wildman–Crippen LogP) is 2.43. The van der Waals surface area contributed by atoms with Crippen LogP contribution in [-0.2, 0) is 0 Å². The Morgan fingerprint density at radius 3 is 2.38 bits per heavy atom. The molecule has 2 rings (SSSR count). The van der Waals surface area contributed by atoms with E-state index >= 15 is 0 Å². The zero-order valence-corrected chi connectivity index (χ0v) is 11.7. The zero-order chi connectivity index (χ0) is 15.7. The molecule has 0 aromatic heterocycles. The number of ketones is 1. The zero-order valence-electron chi connectivity index (χ0n) is 11.7. The Kier molecular flexibility index (Phi) is 4.13. The van der Waals surface area contributed by atoms with Crippen molar-refractivity contribution in [3.63, 3.8) is 0 Å². The van der Waals surface area contributed by atoms with Crippen molar-refractivity contribution in [1.82, 2.24) is 5.32 Å². The lowest BCUT2D eigenvalue weighted by atomic mass is 9.78. The van der Waals surface area contributed by atoms with Gasteiger partial charge >= 0.3 is 6.18 Å². The highest BCUT2D eigenvalue weighted by atomic mass is 19.4. The number of hydrogen-bond donors (Lipinski definition) is 1. The molecule has 7 heteroatoms. The summed E-state index contributed by atoms with van der Waals surface area (Å²) in [5.74, 6) is -0.354. The summed E-state index contributed by atoms with van der Waals surface area (Å²) in [4.78, 5) is 12.4. The molecule has 1 aliphatic rings. The number of methoxy groups -OCH3 is 2. The normalized spacial score (nSPS) is 22.1. The third kappa shape index (κ3) is 2.57. The van der Waals surface area contributed by atoms with Crippen LogP contribution >= 0.6 is 0 Å². The molecule has 0 aliphatic carbocycles. The summed E-state index contributed by atoms with van der Waals surface area (Å²) >= 11 is 0. The molecule has 1 saturated heterocycles. The standard InChI is InChI=1S/C14H16F3NO3/c1-20-10-4-3-9(7-11(10)21-2)12(19)13(14(15,16)17)5-6-18-8-13/h3-4,7,18H,5-6,8H2,1-2H3. The number of nitrogens with one attached hydrogen (secondary N) is 1. The number of alkyl halides is 3. The Labute approximate surface area is 120 Å². The van der Waals surface area contributed by atoms with Gasteiger partial charge in [-0.2, -0.15) is 13.2 Å². The molecule has 1 aromatic rings. The molecular formula is C14H16F3NO3. The summed E-state index contributed by atoms with van der Waals surface area (Å²) in [6, 6.07) is 4.04. The summed E-state index contributed by atoms with van der Waals surface area (Å²) in [5.41, 5.74) is -2.40. The number of Topliss-reactive ketones (excluding diaryl/α,β-unsaturated/α-hetero) is 1. The first-order valence-electron chi connectivity index (χ1n) is 6.40. The molecule has 1 heterocycles. The lowest BCUT2D eigenvalue weighted by Gasteiger charge is -2.29. The first-order chi connectivity index (χ1) is 9.85. The summed E-state index contributed by atoms with van der Waals surface area (Å²) < 4.78 is 50.1. The molecule has 1 unspecified atom stereocenters. The second-order valence-electron chi connectivity index (χ2n) is 4.91. The largest absolute Gasteiger partial charge is 0.493 e. The summed E-state index contributed by atoms with van der Waals surface area (Å²) in [6.45, 7) is -0.234. The Morgan fingerprint density at radius 2 is 1.90 bits per heavy atom. The van der Waals surface area contributed by atoms with Gasteiger partial charge in [0, 0.05) is 12.1 Å². The molecule has 0 spiro atoms. The van der Waals surface area contributed by atoms with E-state index in [2.05, 4.69) is 5.32 Å². The topological polar surface area (TPSA) is 47.6 Å². The van der Waals surface area contributed by atoms with Crippen LogP contribution in [0.25, 0.3) is 0 Å². The van der Waals surface area contributed by atoms with Crippen LogP contribution in [0.2, 0.25) is 0 Å². The van der Waals surface area contributed by atoms with E-state index in [-0.39, 0.29) is 24.3 Å². The molecule has 1 fully saturated rings. The fraction of sp³-hybridized carbons (Fsp3) is 0.500. The van der Waals surface area contributed by atoms with Gasteiger partial charge in [-0.25, -0.2) is 0 Å². The maximum absolute atomic E-state index is 13.4. The van der Waals surface area contributed by atoms with E-state index in [9.17, 15) is 18.0 Å². The van der Waals surface area contributed by atoms with Crippen LogP contribution < -0.4 is 14.8 Å². The fourth-order valence-electron chi connectivity index (χ4n) is 2.51. The average molecular weight is 303 g/mol. The van der Waals surface area contributed by atoms with Crippen molar-refractivity contribution in [1.29, 1.82) is 0 Å². The van der Waals surface area contributed by atoms with Gasteiger partial charge < -0.3 is 14.8 Å². The van der Waals surface area contributed by atoms with Gasteiger partial charge in [0.15, 0.2) is 17.3 Å². The van der Waals surface area contributed by atoms with Crippen LogP contribution in [0.5, 0.6) is 11.5 Å². The number of ether oxygens (including phenoxy) is 2. The number of hydrogen-bond acceptors (Lipinski definition) is 4. The van der Waals surface area contributed by atoms with Gasteiger partial charge in [-0.05, 0) is 31.2 Å². The molecule has 1 aromatic carbocycles. The van der Waals surface area contributed by atoms with Gasteiger partial charge in [-0.1, -0.05) is 0 Å². The number of carbonyl (C=O) groups is 1. The maximum Gasteiger partial charge on any atom is 0.402 e. The number of halogens is 3. The highest BCUT2D eigenvalue weighted by Crippen LogP contribution is 2.46. The van der Waals surface area contributed by atoms with Gasteiger partial charge in [0.2, 0.25) is 0 Å². The third-order valence-electron chi connectivity index (χ3n) is 3.78. The van der Waals surface area contributed by atoms with Crippen LogP contribution in [0.1, 0.15) is 16.8 Å². The summed E-state index contributed by atoms with van der Waals surface area (Å²) in [5, 5.41) is 2.62. The lowest BCUT2D eigenvalue weighted by molar-refractivity contribution is -0.197. The van der Waals surface area contributed by atoms with Crippen LogP contribution in [0.15, 0.2) is 18.2 Å². The maximum atomic E-state index is 13.4. The number of rotatable bonds is 4. The van der Waals surface area contributed by atoms with E-state index in [1.807, 2.05) is 0 Å². The highest BCUT2D eigenvalue weighted by Gasteiger charge is 2.61. The molecule has 0 radical (unpaired) electrons. The van der Waals surface area contributed by atoms with Gasteiger partial charge in [-0.15, -0.1) is 0 Å². The Bertz CT molecular complexity index is 537. The third-order valence-corrected chi connectivity index (χ3v) is 3.78. The first-order valence-corrected chi connectivity index (χ1v) is 6.40. The molecule has 4 nitrogen and oxygen atoms in total. The second kappa shape index (κ2) is 5.55. The van der Waals surface area contributed by atoms with Crippen LogP contribution in [0.4, 0.5) is 13.2 Å². The quantitative estimate of drug-likeness (QED) is 0.868. The van der Waals surface area contributed by atoms with E-state index in [4.69, 9.17) is 9.47 Å². The van der Waals surface area contributed by atoms with Gasteiger partial charge in [0.05, 0.1) is 14.2 Å². The van der Waals surface area contributed by atoms with Crippen molar-refractivity contribution >= 4 is 5.78 Å². The molecule has 1 atom stereocenters. The smallest absolute Gasteiger partial charge is 0.402 e. The minimum Gasteiger partial charge on any atom is -0.493 e. The minimum absolute atomic E-state index is 0.0336. The van der Waals surface area contributed by atoms with E-state index in [0.29, 0.717) is 5.75 Å². The number of carbonyl (C=O) groups excluding carboxylic acids is 1. The summed E-state index contributed by atoms with van der Waals surface area (Å²) in [6.07, 6.45) is -4.86. The molecule has 1 N–H and O–H groups in total. The van der Waals surface area contributed by atoms with Crippen molar-refractivity contribution in [2.24, 2.45) is 5.41 Å². The first kappa shape index (κ1) is 15.6. The molecular weight excluding hydrogens is 287 g/mol. The van der Waals surface area contributed by atoms with Crippen molar-refractivity contribution < 1.29 is 27.4 Å².